The van der Waals surface area contributed by atoms with Gasteiger partial charge in [0.25, 0.3) is 0 Å². The van der Waals surface area contributed by atoms with Gasteiger partial charge < -0.3 is 10.3 Å². The van der Waals surface area contributed by atoms with Gasteiger partial charge in [-0.15, -0.1) is 6.42 Å². The van der Waals surface area contributed by atoms with Gasteiger partial charge in [0.2, 0.25) is 0 Å². The molecule has 1 rings (SSSR count). The van der Waals surface area contributed by atoms with E-state index in [4.69, 9.17) is 0 Å². The van der Waals surface area contributed by atoms with Crippen molar-refractivity contribution < 1.29 is 44.2 Å². The first-order valence-electron chi connectivity index (χ1n) is 2.79. The molecule has 1 N–H and O–H groups in total. The second-order valence-electron chi connectivity index (χ2n) is 1.75. The standard InChI is InChI=1S/C7H5FNO.Na.H2O/c8-6-2-1-4-9-7(6)3-5-10;;/h1-2,4H,3H2;;1H2/q-1;+1;/p-1. The number of pyridine rings is 1. The zero-order valence-electron chi connectivity index (χ0n) is 6.62. The van der Waals surface area contributed by atoms with Crippen LogP contribution in [0.3, 0.4) is 0 Å². The van der Waals surface area contributed by atoms with Gasteiger partial charge in [-0.1, -0.05) is 0 Å². The molecule has 0 saturated heterocycles. The molecule has 0 aliphatic rings. The van der Waals surface area contributed by atoms with Gasteiger partial charge >= 0.3 is 29.6 Å². The smallest absolute Gasteiger partial charge is 0.870 e. The van der Waals surface area contributed by atoms with Crippen LogP contribution in [0.2, 0.25) is 0 Å². The predicted octanol–water partition coefficient (Wildman–Crippen LogP) is -2.30. The van der Waals surface area contributed by atoms with Crippen molar-refractivity contribution in [2.75, 3.05) is 0 Å². The Morgan fingerprint density at radius 1 is 1.58 bits per heavy atom. The van der Waals surface area contributed by atoms with Crippen molar-refractivity contribution in [2.24, 2.45) is 0 Å². The summed E-state index contributed by atoms with van der Waals surface area (Å²) in [6.07, 6.45) is 2.94. The fourth-order valence-electron chi connectivity index (χ4n) is 0.617. The molecule has 1 heterocycles. The molecule has 1 aromatic heterocycles. The van der Waals surface area contributed by atoms with Crippen molar-refractivity contribution in [2.45, 2.75) is 6.42 Å². The number of carbonyl (C=O) groups excluding carboxylic acids is 1. The molecule has 5 heteroatoms. The first kappa shape index (κ1) is 14.2. The van der Waals surface area contributed by atoms with Crippen LogP contribution >= 0.6 is 0 Å². The average molecular weight is 178 g/mol. The van der Waals surface area contributed by atoms with E-state index in [0.29, 0.717) is 0 Å². The van der Waals surface area contributed by atoms with E-state index < -0.39 is 5.82 Å². The van der Waals surface area contributed by atoms with E-state index in [0.717, 1.165) is 0 Å². The van der Waals surface area contributed by atoms with E-state index in [1.165, 1.54) is 18.3 Å². The molecular weight excluding hydrogens is 172 g/mol. The quantitative estimate of drug-likeness (QED) is 0.378. The fourth-order valence-corrected chi connectivity index (χ4v) is 0.617. The molecule has 0 aliphatic carbocycles. The molecule has 0 aromatic carbocycles. The third-order valence-corrected chi connectivity index (χ3v) is 1.07. The summed E-state index contributed by atoms with van der Waals surface area (Å²) in [6.45, 7) is 0. The van der Waals surface area contributed by atoms with Crippen LogP contribution in [0.15, 0.2) is 18.3 Å². The van der Waals surface area contributed by atoms with E-state index in [2.05, 4.69) is 4.98 Å². The predicted molar refractivity (Wildman–Crippen MR) is 35.5 cm³/mol. The van der Waals surface area contributed by atoms with Gasteiger partial charge in [-0.3, -0.25) is 11.3 Å². The van der Waals surface area contributed by atoms with E-state index in [-0.39, 0.29) is 47.1 Å². The summed E-state index contributed by atoms with van der Waals surface area (Å²) in [6, 6.07) is 2.74. The summed E-state index contributed by atoms with van der Waals surface area (Å²) in [4.78, 5) is 13.4. The third-order valence-electron chi connectivity index (χ3n) is 1.07. The van der Waals surface area contributed by atoms with Crippen LogP contribution in [-0.2, 0) is 11.2 Å². The van der Waals surface area contributed by atoms with Gasteiger partial charge in [-0.05, 0) is 12.1 Å². The average Bonchev–Trinajstić information content (AvgIpc) is 1.94. The van der Waals surface area contributed by atoms with E-state index in [9.17, 15) is 9.18 Å². The molecule has 0 spiro atoms. The Morgan fingerprint density at radius 3 is 2.75 bits per heavy atom. The SMILES string of the molecule is O=[C-]Cc1ncccc1F.[Na+].[OH-]. The third kappa shape index (κ3) is 3.92. The number of rotatable bonds is 2. The maximum atomic E-state index is 12.5. The van der Waals surface area contributed by atoms with Crippen molar-refractivity contribution in [1.29, 1.82) is 0 Å². The van der Waals surface area contributed by atoms with E-state index >= 15 is 0 Å². The maximum Gasteiger partial charge on any atom is 1.00 e. The summed E-state index contributed by atoms with van der Waals surface area (Å²) < 4.78 is 12.5. The minimum absolute atomic E-state index is 0. The van der Waals surface area contributed by atoms with Gasteiger partial charge in [0.15, 0.2) is 0 Å². The molecule has 60 valence electrons. The molecule has 0 fully saturated rings. The van der Waals surface area contributed by atoms with Gasteiger partial charge in [0, 0.05) is 11.9 Å². The normalized spacial score (nSPS) is 7.75. The summed E-state index contributed by atoms with van der Waals surface area (Å²) in [5.74, 6) is -0.453. The van der Waals surface area contributed by atoms with Crippen molar-refractivity contribution >= 4 is 6.29 Å². The fraction of sp³-hybridized carbons (Fsp3) is 0.143. The summed E-state index contributed by atoms with van der Waals surface area (Å²) in [5, 5.41) is 0. The Morgan fingerprint density at radius 2 is 2.25 bits per heavy atom. The monoisotopic (exact) mass is 178 g/mol. The zero-order chi connectivity index (χ0) is 7.40. The van der Waals surface area contributed by atoms with Crippen LogP contribution in [0.25, 0.3) is 0 Å². The van der Waals surface area contributed by atoms with Crippen LogP contribution in [0.5, 0.6) is 0 Å². The van der Waals surface area contributed by atoms with Crippen molar-refractivity contribution in [3.63, 3.8) is 0 Å². The Bertz CT molecular complexity index is 245. The molecule has 0 aliphatic heterocycles. The topological polar surface area (TPSA) is 60.0 Å². The number of halogens is 1. The Labute approximate surface area is 91.6 Å². The van der Waals surface area contributed by atoms with Crippen molar-refractivity contribution in [3.05, 3.63) is 29.8 Å². The molecule has 0 radical (unpaired) electrons. The number of aromatic nitrogens is 1. The number of nitrogens with zero attached hydrogens (tertiary/aromatic N) is 1. The second kappa shape index (κ2) is 7.36. The van der Waals surface area contributed by atoms with Crippen LogP contribution in [0.4, 0.5) is 4.39 Å². The molecule has 1 aromatic rings. The van der Waals surface area contributed by atoms with Gasteiger partial charge in [-0.2, -0.15) is 0 Å². The summed E-state index contributed by atoms with van der Waals surface area (Å²) >= 11 is 0. The zero-order valence-corrected chi connectivity index (χ0v) is 8.62. The van der Waals surface area contributed by atoms with Gasteiger partial charge in [0.1, 0.15) is 5.82 Å². The second-order valence-corrected chi connectivity index (χ2v) is 1.75. The Kier molecular flexibility index (Phi) is 8.74. The Hall–Kier alpha value is -0.290. The molecule has 0 saturated carbocycles. The van der Waals surface area contributed by atoms with Gasteiger partial charge in [-0.25, -0.2) is 4.39 Å². The Balaban J connectivity index is 0. The minimum atomic E-state index is -0.453. The van der Waals surface area contributed by atoms with Crippen LogP contribution in [0.1, 0.15) is 5.69 Å². The first-order valence-corrected chi connectivity index (χ1v) is 2.79. The molecule has 0 amide bonds. The molecule has 0 atom stereocenters. The molecule has 12 heavy (non-hydrogen) atoms. The van der Waals surface area contributed by atoms with Crippen LogP contribution in [0, 0.1) is 5.82 Å². The van der Waals surface area contributed by atoms with Gasteiger partial charge in [0.05, 0.1) is 0 Å². The molecule has 0 bridgehead atoms. The molecular formula is C7H6FNNaO2-. The number of hydrogen-bond donors (Lipinski definition) is 0. The molecule has 3 nitrogen and oxygen atoms in total. The number of hydrogen-bond acceptors (Lipinski definition) is 3. The minimum Gasteiger partial charge on any atom is -0.870 e. The van der Waals surface area contributed by atoms with E-state index in [1.807, 2.05) is 0 Å². The maximum absolute atomic E-state index is 12.5. The first-order chi connectivity index (χ1) is 4.84. The van der Waals surface area contributed by atoms with Crippen molar-refractivity contribution in [3.8, 4) is 0 Å². The summed E-state index contributed by atoms with van der Waals surface area (Å²) in [5.41, 5.74) is 0.150. The van der Waals surface area contributed by atoms with Crippen molar-refractivity contribution in [1.82, 2.24) is 4.98 Å². The van der Waals surface area contributed by atoms with Crippen LogP contribution < -0.4 is 29.6 Å². The largest absolute Gasteiger partial charge is 1.00 e. The molecule has 0 unspecified atom stereocenters. The van der Waals surface area contributed by atoms with E-state index in [1.54, 1.807) is 6.29 Å². The van der Waals surface area contributed by atoms with Crippen LogP contribution in [-0.4, -0.2) is 16.7 Å². The summed E-state index contributed by atoms with van der Waals surface area (Å²) in [7, 11) is 0.